The molecule has 1 aliphatic heterocycles. The van der Waals surface area contributed by atoms with Crippen molar-refractivity contribution in [2.24, 2.45) is 5.92 Å². The van der Waals surface area contributed by atoms with Crippen molar-refractivity contribution in [3.63, 3.8) is 0 Å². The third-order valence-corrected chi connectivity index (χ3v) is 4.55. The van der Waals surface area contributed by atoms with E-state index in [0.29, 0.717) is 11.6 Å². The lowest BCUT2D eigenvalue weighted by atomic mass is 9.82. The lowest BCUT2D eigenvalue weighted by Gasteiger charge is -2.26. The van der Waals surface area contributed by atoms with Crippen molar-refractivity contribution in [3.05, 3.63) is 47.2 Å². The van der Waals surface area contributed by atoms with E-state index in [-0.39, 0.29) is 5.90 Å². The minimum Gasteiger partial charge on any atom is -0.469 e. The van der Waals surface area contributed by atoms with Crippen molar-refractivity contribution in [1.29, 1.82) is 10.7 Å². The summed E-state index contributed by atoms with van der Waals surface area (Å²) in [5.41, 5.74) is 1.57. The van der Waals surface area contributed by atoms with Crippen LogP contribution in [0.15, 0.2) is 40.3 Å². The molecule has 0 spiro atoms. The van der Waals surface area contributed by atoms with E-state index < -0.39 is 11.8 Å². The first-order valence-corrected chi connectivity index (χ1v) is 7.49. The molecule has 0 fully saturated rings. The van der Waals surface area contributed by atoms with Gasteiger partial charge in [0.15, 0.2) is 0 Å². The van der Waals surface area contributed by atoms with Crippen LogP contribution in [0, 0.1) is 22.7 Å². The molecule has 108 valence electrons. The molecule has 7 heteroatoms. The Kier molecular flexibility index (Phi) is 2.84. The number of hydrogen-bond acceptors (Lipinski definition) is 6. The fraction of sp³-hybridized carbons (Fsp3) is 0.133. The maximum atomic E-state index is 9.47. The maximum Gasteiger partial charge on any atom is 0.244 e. The predicted molar refractivity (Wildman–Crippen MR) is 79.9 cm³/mol. The van der Waals surface area contributed by atoms with Gasteiger partial charge in [-0.1, -0.05) is 6.07 Å². The van der Waals surface area contributed by atoms with Crippen LogP contribution in [0.2, 0.25) is 0 Å². The van der Waals surface area contributed by atoms with Crippen LogP contribution >= 0.6 is 11.3 Å². The fourth-order valence-corrected chi connectivity index (χ4v) is 3.44. The largest absolute Gasteiger partial charge is 0.469 e. The van der Waals surface area contributed by atoms with Gasteiger partial charge in [-0.2, -0.15) is 5.26 Å². The molecular formula is C15H10N4O2S. The van der Waals surface area contributed by atoms with Gasteiger partial charge in [0.05, 0.1) is 34.4 Å². The smallest absolute Gasteiger partial charge is 0.244 e. The molecule has 4 heterocycles. The summed E-state index contributed by atoms with van der Waals surface area (Å²) in [6, 6.07) is 9.65. The van der Waals surface area contributed by atoms with E-state index in [1.165, 1.54) is 0 Å². The average molecular weight is 310 g/mol. The Labute approximate surface area is 129 Å². The highest BCUT2D eigenvalue weighted by molar-refractivity contribution is 7.13. The van der Waals surface area contributed by atoms with Gasteiger partial charge >= 0.3 is 0 Å². The lowest BCUT2D eigenvalue weighted by molar-refractivity contribution is 0.400. The van der Waals surface area contributed by atoms with E-state index in [0.717, 1.165) is 16.1 Å². The Morgan fingerprint density at radius 1 is 1.36 bits per heavy atom. The molecule has 2 atom stereocenters. The van der Waals surface area contributed by atoms with Crippen LogP contribution in [0.25, 0.3) is 10.6 Å². The van der Waals surface area contributed by atoms with Crippen LogP contribution in [0.4, 0.5) is 0 Å². The summed E-state index contributed by atoms with van der Waals surface area (Å²) in [7, 11) is 0. The van der Waals surface area contributed by atoms with Crippen molar-refractivity contribution in [1.82, 2.24) is 10.2 Å². The summed E-state index contributed by atoms with van der Waals surface area (Å²) in [5.74, 6) is -0.302. The molecule has 0 saturated heterocycles. The monoisotopic (exact) mass is 310 g/mol. The van der Waals surface area contributed by atoms with E-state index in [1.807, 2.05) is 23.6 Å². The van der Waals surface area contributed by atoms with Crippen LogP contribution < -0.4 is 4.74 Å². The third kappa shape index (κ3) is 1.78. The van der Waals surface area contributed by atoms with Crippen molar-refractivity contribution in [2.75, 3.05) is 0 Å². The number of nitriles is 1. The first-order valence-electron chi connectivity index (χ1n) is 6.61. The number of aromatic nitrogens is 2. The van der Waals surface area contributed by atoms with Crippen molar-refractivity contribution >= 4 is 17.2 Å². The number of fused-ring (bicyclic) bond motifs is 1. The molecule has 2 N–H and O–H groups in total. The summed E-state index contributed by atoms with van der Waals surface area (Å²) in [5, 5.41) is 26.5. The van der Waals surface area contributed by atoms with Crippen molar-refractivity contribution < 1.29 is 9.15 Å². The quantitative estimate of drug-likeness (QED) is 0.758. The number of thiophene rings is 1. The number of aromatic amines is 1. The van der Waals surface area contributed by atoms with Crippen molar-refractivity contribution in [2.45, 2.75) is 5.92 Å². The van der Waals surface area contributed by atoms with Crippen molar-refractivity contribution in [3.8, 4) is 22.5 Å². The topological polar surface area (TPSA) is 98.7 Å². The Bertz CT molecular complexity index is 858. The highest BCUT2D eigenvalue weighted by atomic mass is 32.1. The van der Waals surface area contributed by atoms with E-state index in [9.17, 15) is 5.26 Å². The molecular weight excluding hydrogens is 300 g/mol. The van der Waals surface area contributed by atoms with E-state index in [4.69, 9.17) is 14.6 Å². The van der Waals surface area contributed by atoms with Gasteiger partial charge in [-0.3, -0.25) is 10.5 Å². The molecule has 22 heavy (non-hydrogen) atoms. The molecule has 0 bridgehead atoms. The Hall–Kier alpha value is -2.85. The van der Waals surface area contributed by atoms with Gasteiger partial charge in [0.1, 0.15) is 11.7 Å². The van der Waals surface area contributed by atoms with Crippen LogP contribution in [0.1, 0.15) is 17.2 Å². The molecule has 0 aliphatic carbocycles. The molecule has 3 aromatic rings. The number of H-pyrrole nitrogens is 1. The zero-order chi connectivity index (χ0) is 15.1. The maximum absolute atomic E-state index is 9.47. The van der Waals surface area contributed by atoms with Crippen LogP contribution in [0.3, 0.4) is 0 Å². The summed E-state index contributed by atoms with van der Waals surface area (Å²) in [4.78, 5) is 0.999. The highest BCUT2D eigenvalue weighted by Gasteiger charge is 2.42. The number of nitrogens with zero attached hydrogens (tertiary/aromatic N) is 2. The van der Waals surface area contributed by atoms with Gasteiger partial charge in [0, 0.05) is 0 Å². The second-order valence-electron chi connectivity index (χ2n) is 4.86. The Morgan fingerprint density at radius 3 is 2.95 bits per heavy atom. The van der Waals surface area contributed by atoms with E-state index in [2.05, 4.69) is 16.3 Å². The van der Waals surface area contributed by atoms with Gasteiger partial charge < -0.3 is 9.15 Å². The van der Waals surface area contributed by atoms with Gasteiger partial charge in [-0.15, -0.1) is 16.4 Å². The lowest BCUT2D eigenvalue weighted by Crippen LogP contribution is -2.30. The molecule has 2 unspecified atom stereocenters. The predicted octanol–water partition coefficient (Wildman–Crippen LogP) is 3.37. The van der Waals surface area contributed by atoms with Crippen LogP contribution in [-0.4, -0.2) is 16.1 Å². The second-order valence-corrected chi connectivity index (χ2v) is 5.81. The highest BCUT2D eigenvalue weighted by Crippen LogP contribution is 2.46. The SMILES string of the molecule is N#CC1C(=N)Oc2n[nH]c(-c3cccs3)c2C1c1ccco1. The van der Waals surface area contributed by atoms with Gasteiger partial charge in [0.2, 0.25) is 11.8 Å². The zero-order valence-corrected chi connectivity index (χ0v) is 12.1. The molecule has 4 rings (SSSR count). The minimum atomic E-state index is -0.741. The number of nitrogens with one attached hydrogen (secondary N) is 2. The first-order chi connectivity index (χ1) is 10.8. The minimum absolute atomic E-state index is 0.111. The molecule has 0 amide bonds. The number of hydrogen-bond donors (Lipinski definition) is 2. The van der Waals surface area contributed by atoms with Gasteiger partial charge in [-0.25, -0.2) is 0 Å². The zero-order valence-electron chi connectivity index (χ0n) is 11.2. The summed E-state index contributed by atoms with van der Waals surface area (Å²) in [6.07, 6.45) is 1.56. The normalized spacial score (nSPS) is 20.2. The van der Waals surface area contributed by atoms with Crippen LogP contribution in [-0.2, 0) is 0 Å². The fourth-order valence-electron chi connectivity index (χ4n) is 2.70. The number of rotatable bonds is 2. The number of furan rings is 1. The molecule has 1 aliphatic rings. The molecule has 0 saturated carbocycles. The summed E-state index contributed by atoms with van der Waals surface area (Å²) in [6.45, 7) is 0. The van der Waals surface area contributed by atoms with Gasteiger partial charge in [-0.05, 0) is 23.6 Å². The Morgan fingerprint density at radius 2 is 2.27 bits per heavy atom. The Balaban J connectivity index is 1.95. The molecule has 0 aromatic carbocycles. The first kappa shape index (κ1) is 12.9. The molecule has 0 radical (unpaired) electrons. The second kappa shape index (κ2) is 4.86. The van der Waals surface area contributed by atoms with Gasteiger partial charge in [0.25, 0.3) is 0 Å². The summed E-state index contributed by atoms with van der Waals surface area (Å²) >= 11 is 1.57. The molecule has 6 nitrogen and oxygen atoms in total. The van der Waals surface area contributed by atoms with E-state index >= 15 is 0 Å². The number of ether oxygens (including phenoxy) is 1. The average Bonchev–Trinajstić information content (AvgIpc) is 3.26. The van der Waals surface area contributed by atoms with Crippen LogP contribution in [0.5, 0.6) is 5.88 Å². The molecule has 3 aromatic heterocycles. The van der Waals surface area contributed by atoms with E-state index in [1.54, 1.807) is 23.7 Å². The standard InChI is InChI=1S/C15H10N4O2S/c16-7-8-11(9-3-1-5-20-9)12-13(10-4-2-6-22-10)18-19-15(12)21-14(8)17/h1-6,8,11,17H,(H,18,19). The third-order valence-electron chi connectivity index (χ3n) is 3.66. The summed E-state index contributed by atoms with van der Waals surface area (Å²) < 4.78 is 10.9.